The highest BCUT2D eigenvalue weighted by atomic mass is 16.5. The Morgan fingerprint density at radius 1 is 1.47 bits per heavy atom. The Bertz CT molecular complexity index is 279. The second-order valence-corrected chi connectivity index (χ2v) is 3.57. The summed E-state index contributed by atoms with van der Waals surface area (Å²) in [6.07, 6.45) is 4.91. The molecule has 2 heteroatoms. The minimum Gasteiger partial charge on any atom is -0.459 e. The normalized spacial score (nSPS) is 12.7. The lowest BCUT2D eigenvalue weighted by atomic mass is 10.2. The van der Waals surface area contributed by atoms with E-state index in [1.165, 1.54) is 13.3 Å². The molecule has 84 valence electrons. The summed E-state index contributed by atoms with van der Waals surface area (Å²) >= 11 is 0. The molecule has 0 aromatic carbocycles. The highest BCUT2D eigenvalue weighted by Crippen LogP contribution is 2.00. The van der Waals surface area contributed by atoms with Gasteiger partial charge in [0.05, 0.1) is 0 Å². The summed E-state index contributed by atoms with van der Waals surface area (Å²) in [5, 5.41) is 0. The Labute approximate surface area is 92.7 Å². The molecule has 0 rings (SSSR count). The van der Waals surface area contributed by atoms with Crippen molar-refractivity contribution in [3.05, 3.63) is 11.6 Å². The molecule has 0 aromatic heterocycles. The van der Waals surface area contributed by atoms with Crippen LogP contribution < -0.4 is 0 Å². The van der Waals surface area contributed by atoms with Crippen molar-refractivity contribution in [3.63, 3.8) is 0 Å². The molecule has 0 amide bonds. The van der Waals surface area contributed by atoms with Gasteiger partial charge in [0.25, 0.3) is 0 Å². The summed E-state index contributed by atoms with van der Waals surface area (Å²) in [5.74, 6) is 5.87. The predicted molar refractivity (Wildman–Crippen MR) is 62.3 cm³/mol. The molecule has 0 aliphatic heterocycles. The maximum absolute atomic E-state index is 10.6. The van der Waals surface area contributed by atoms with Crippen molar-refractivity contribution in [1.82, 2.24) is 0 Å². The van der Waals surface area contributed by atoms with E-state index in [0.717, 1.165) is 18.4 Å². The van der Waals surface area contributed by atoms with Crippen molar-refractivity contribution in [2.45, 2.75) is 53.1 Å². The van der Waals surface area contributed by atoms with Gasteiger partial charge in [0.1, 0.15) is 6.10 Å². The summed E-state index contributed by atoms with van der Waals surface area (Å²) in [7, 11) is 0. The monoisotopic (exact) mass is 208 g/mol. The number of hydrogen-bond donors (Lipinski definition) is 0. The molecule has 0 heterocycles. The van der Waals surface area contributed by atoms with E-state index < -0.39 is 0 Å². The number of esters is 1. The lowest BCUT2D eigenvalue weighted by Crippen LogP contribution is -2.09. The number of carbonyl (C=O) groups excluding carboxylic acids is 1. The van der Waals surface area contributed by atoms with Gasteiger partial charge in [-0.25, -0.2) is 0 Å². The fraction of sp³-hybridized carbons (Fsp3) is 0.615. The molecule has 1 atom stereocenters. The number of hydrogen-bond acceptors (Lipinski definition) is 2. The SMILES string of the molecule is CCCCC#C/C(C)=C\C(C)OC(C)=O. The Hall–Kier alpha value is -1.23. The van der Waals surface area contributed by atoms with Gasteiger partial charge >= 0.3 is 5.97 Å². The lowest BCUT2D eigenvalue weighted by Gasteiger charge is -2.06. The standard InChI is InChI=1S/C13H20O2/c1-5-6-7-8-9-11(2)10-12(3)15-13(4)14/h10,12H,5-7H2,1-4H3/b11-10-. The Morgan fingerprint density at radius 3 is 2.67 bits per heavy atom. The zero-order chi connectivity index (χ0) is 11.7. The van der Waals surface area contributed by atoms with E-state index in [2.05, 4.69) is 18.8 Å². The molecule has 0 bridgehead atoms. The number of unbranched alkanes of at least 4 members (excludes halogenated alkanes) is 2. The van der Waals surface area contributed by atoms with Gasteiger partial charge in [0.2, 0.25) is 0 Å². The molecular formula is C13H20O2. The highest BCUT2D eigenvalue weighted by molar-refractivity contribution is 5.66. The molecule has 0 fully saturated rings. The molecule has 0 N–H and O–H groups in total. The molecule has 1 unspecified atom stereocenters. The van der Waals surface area contributed by atoms with Crippen molar-refractivity contribution in [3.8, 4) is 11.8 Å². The molecule has 15 heavy (non-hydrogen) atoms. The zero-order valence-electron chi connectivity index (χ0n) is 10.1. The van der Waals surface area contributed by atoms with Crippen LogP contribution in [0.4, 0.5) is 0 Å². The van der Waals surface area contributed by atoms with Crippen LogP contribution in [-0.4, -0.2) is 12.1 Å². The smallest absolute Gasteiger partial charge is 0.303 e. The van der Waals surface area contributed by atoms with Crippen LogP contribution in [0.15, 0.2) is 11.6 Å². The number of carbonyl (C=O) groups is 1. The van der Waals surface area contributed by atoms with E-state index in [4.69, 9.17) is 4.74 Å². The van der Waals surface area contributed by atoms with Gasteiger partial charge in [-0.05, 0) is 31.9 Å². The fourth-order valence-corrected chi connectivity index (χ4v) is 1.16. The average molecular weight is 208 g/mol. The van der Waals surface area contributed by atoms with E-state index in [1.807, 2.05) is 19.9 Å². The summed E-state index contributed by atoms with van der Waals surface area (Å²) < 4.78 is 4.97. The summed E-state index contributed by atoms with van der Waals surface area (Å²) in [4.78, 5) is 10.6. The highest BCUT2D eigenvalue weighted by Gasteiger charge is 2.00. The first kappa shape index (κ1) is 13.8. The molecular weight excluding hydrogens is 188 g/mol. The maximum atomic E-state index is 10.6. The summed E-state index contributed by atoms with van der Waals surface area (Å²) in [6, 6.07) is 0. The molecule has 0 saturated carbocycles. The second-order valence-electron chi connectivity index (χ2n) is 3.57. The van der Waals surface area contributed by atoms with Gasteiger partial charge in [-0.2, -0.15) is 0 Å². The predicted octanol–water partition coefficient (Wildman–Crippen LogP) is 3.08. The van der Waals surface area contributed by atoms with Crippen molar-refractivity contribution < 1.29 is 9.53 Å². The van der Waals surface area contributed by atoms with Gasteiger partial charge in [-0.1, -0.05) is 25.2 Å². The minimum absolute atomic E-state index is 0.192. The minimum atomic E-state index is -0.259. The quantitative estimate of drug-likeness (QED) is 0.403. The third-order valence-corrected chi connectivity index (χ3v) is 1.78. The molecule has 0 saturated heterocycles. The molecule has 0 aromatic rings. The van der Waals surface area contributed by atoms with Gasteiger partial charge in [0.15, 0.2) is 0 Å². The molecule has 0 aliphatic rings. The Kier molecular flexibility index (Phi) is 7.44. The van der Waals surface area contributed by atoms with Crippen molar-refractivity contribution in [1.29, 1.82) is 0 Å². The van der Waals surface area contributed by atoms with Crippen LogP contribution in [0.5, 0.6) is 0 Å². The second kappa shape index (κ2) is 8.11. The Morgan fingerprint density at radius 2 is 2.13 bits per heavy atom. The van der Waals surface area contributed by atoms with Crippen LogP contribution in [0.2, 0.25) is 0 Å². The first-order chi connectivity index (χ1) is 7.06. The fourth-order valence-electron chi connectivity index (χ4n) is 1.16. The third kappa shape index (κ3) is 9.08. The maximum Gasteiger partial charge on any atom is 0.303 e. The van der Waals surface area contributed by atoms with Crippen molar-refractivity contribution >= 4 is 5.97 Å². The van der Waals surface area contributed by atoms with Gasteiger partial charge in [-0.15, -0.1) is 0 Å². The molecule has 0 aliphatic carbocycles. The summed E-state index contributed by atoms with van der Waals surface area (Å²) in [5.41, 5.74) is 0.958. The van der Waals surface area contributed by atoms with Gasteiger partial charge in [0, 0.05) is 13.3 Å². The van der Waals surface area contributed by atoms with Crippen LogP contribution in [0.1, 0.15) is 47.0 Å². The van der Waals surface area contributed by atoms with E-state index in [0.29, 0.717) is 0 Å². The van der Waals surface area contributed by atoms with Crippen LogP contribution in [0.25, 0.3) is 0 Å². The lowest BCUT2D eigenvalue weighted by molar-refractivity contribution is -0.143. The van der Waals surface area contributed by atoms with E-state index in [-0.39, 0.29) is 12.1 Å². The zero-order valence-corrected chi connectivity index (χ0v) is 10.1. The molecule has 0 spiro atoms. The largest absolute Gasteiger partial charge is 0.459 e. The average Bonchev–Trinajstić information content (AvgIpc) is 2.10. The van der Waals surface area contributed by atoms with Crippen molar-refractivity contribution in [2.75, 3.05) is 0 Å². The van der Waals surface area contributed by atoms with E-state index >= 15 is 0 Å². The first-order valence-corrected chi connectivity index (χ1v) is 5.40. The summed E-state index contributed by atoms with van der Waals surface area (Å²) in [6.45, 7) is 7.32. The van der Waals surface area contributed by atoms with Crippen LogP contribution in [0, 0.1) is 11.8 Å². The van der Waals surface area contributed by atoms with E-state index in [1.54, 1.807) is 0 Å². The Balaban J connectivity index is 4.04. The molecule has 0 radical (unpaired) electrons. The van der Waals surface area contributed by atoms with Crippen molar-refractivity contribution in [2.24, 2.45) is 0 Å². The first-order valence-electron chi connectivity index (χ1n) is 5.40. The topological polar surface area (TPSA) is 26.3 Å². The van der Waals surface area contributed by atoms with Gasteiger partial charge < -0.3 is 4.74 Å². The number of ether oxygens (including phenoxy) is 1. The molecule has 2 nitrogen and oxygen atoms in total. The van der Waals surface area contributed by atoms with Gasteiger partial charge in [-0.3, -0.25) is 4.79 Å². The third-order valence-electron chi connectivity index (χ3n) is 1.78. The van der Waals surface area contributed by atoms with Crippen LogP contribution in [0.3, 0.4) is 0 Å². The van der Waals surface area contributed by atoms with E-state index in [9.17, 15) is 4.79 Å². The van der Waals surface area contributed by atoms with Crippen LogP contribution in [-0.2, 0) is 9.53 Å². The van der Waals surface area contributed by atoms with Crippen LogP contribution >= 0.6 is 0 Å². The number of rotatable bonds is 4. The number of allylic oxidation sites excluding steroid dienone is 1.